The average molecular weight is 283 g/mol. The van der Waals surface area contributed by atoms with Gasteiger partial charge in [0, 0.05) is 37.7 Å². The summed E-state index contributed by atoms with van der Waals surface area (Å²) >= 11 is 0. The van der Waals surface area contributed by atoms with Gasteiger partial charge in [0.25, 0.3) is 0 Å². The Morgan fingerprint density at radius 2 is 2.05 bits per heavy atom. The minimum atomic E-state index is 0.150. The Kier molecular flexibility index (Phi) is 2.96. The number of fused-ring (bicyclic) bond motifs is 1. The first-order valence-electron chi connectivity index (χ1n) is 7.26. The zero-order chi connectivity index (χ0) is 14.2. The largest absolute Gasteiger partial charge is 0.355 e. The van der Waals surface area contributed by atoms with Gasteiger partial charge >= 0.3 is 0 Å². The standard InChI is InChI=1S/C15H17N5O/c21-15-12-8-20(7-11(12)6-16-15)9-13-14(18-19-17-13)10-4-2-1-3-5-10/h1-5,11-12H,6-9H2,(H,16,21)(H,17,18,19)/t11-,12+/m0/s1. The Bertz CT molecular complexity index is 653. The van der Waals surface area contributed by atoms with E-state index in [0.717, 1.165) is 43.1 Å². The molecule has 3 heterocycles. The summed E-state index contributed by atoms with van der Waals surface area (Å²) in [6, 6.07) is 10.1. The lowest BCUT2D eigenvalue weighted by atomic mass is 10.0. The lowest BCUT2D eigenvalue weighted by Crippen LogP contribution is -2.28. The summed E-state index contributed by atoms with van der Waals surface area (Å²) < 4.78 is 0. The van der Waals surface area contributed by atoms with Crippen LogP contribution in [0.4, 0.5) is 0 Å². The lowest BCUT2D eigenvalue weighted by Gasteiger charge is -2.15. The second-order valence-electron chi connectivity index (χ2n) is 5.79. The fourth-order valence-electron chi connectivity index (χ4n) is 3.36. The number of nitrogens with zero attached hydrogens (tertiary/aromatic N) is 3. The molecule has 2 atom stereocenters. The van der Waals surface area contributed by atoms with Crippen LogP contribution in [-0.2, 0) is 11.3 Å². The fourth-order valence-corrected chi connectivity index (χ4v) is 3.36. The highest BCUT2D eigenvalue weighted by Gasteiger charge is 2.42. The maximum absolute atomic E-state index is 11.7. The van der Waals surface area contributed by atoms with Crippen LogP contribution in [0, 0.1) is 11.8 Å². The number of aromatic nitrogens is 3. The summed E-state index contributed by atoms with van der Waals surface area (Å²) in [5.41, 5.74) is 2.91. The van der Waals surface area contributed by atoms with E-state index in [1.165, 1.54) is 0 Å². The van der Waals surface area contributed by atoms with Crippen molar-refractivity contribution < 1.29 is 4.79 Å². The molecule has 2 saturated heterocycles. The molecular weight excluding hydrogens is 266 g/mol. The molecule has 1 aromatic heterocycles. The Labute approximate surface area is 122 Å². The van der Waals surface area contributed by atoms with Crippen LogP contribution >= 0.6 is 0 Å². The number of amides is 1. The average Bonchev–Trinajstić information content (AvgIpc) is 3.19. The zero-order valence-corrected chi connectivity index (χ0v) is 11.6. The van der Waals surface area contributed by atoms with Crippen molar-refractivity contribution in [3.05, 3.63) is 36.0 Å². The minimum absolute atomic E-state index is 0.150. The number of rotatable bonds is 3. The van der Waals surface area contributed by atoms with Gasteiger partial charge in [-0.05, 0) is 0 Å². The molecular formula is C15H17N5O. The van der Waals surface area contributed by atoms with E-state index in [2.05, 4.69) is 25.6 Å². The zero-order valence-electron chi connectivity index (χ0n) is 11.6. The van der Waals surface area contributed by atoms with Gasteiger partial charge in [-0.3, -0.25) is 9.69 Å². The number of likely N-dealkylation sites (tertiary alicyclic amines) is 1. The molecule has 6 heteroatoms. The van der Waals surface area contributed by atoms with Crippen molar-refractivity contribution in [2.75, 3.05) is 19.6 Å². The van der Waals surface area contributed by atoms with Crippen LogP contribution in [0.5, 0.6) is 0 Å². The highest BCUT2D eigenvalue weighted by Crippen LogP contribution is 2.29. The van der Waals surface area contributed by atoms with Crippen molar-refractivity contribution in [1.29, 1.82) is 0 Å². The molecule has 2 N–H and O–H groups in total. The first-order valence-corrected chi connectivity index (χ1v) is 7.26. The van der Waals surface area contributed by atoms with Crippen LogP contribution in [0.15, 0.2) is 30.3 Å². The Balaban J connectivity index is 1.52. The number of carbonyl (C=O) groups excluding carboxylic acids is 1. The van der Waals surface area contributed by atoms with E-state index in [-0.39, 0.29) is 11.8 Å². The van der Waals surface area contributed by atoms with Gasteiger partial charge in [0.2, 0.25) is 5.91 Å². The predicted molar refractivity (Wildman–Crippen MR) is 77.1 cm³/mol. The van der Waals surface area contributed by atoms with E-state index < -0.39 is 0 Å². The van der Waals surface area contributed by atoms with Gasteiger partial charge in [-0.2, -0.15) is 15.4 Å². The molecule has 0 bridgehead atoms. The van der Waals surface area contributed by atoms with E-state index >= 15 is 0 Å². The van der Waals surface area contributed by atoms with Crippen molar-refractivity contribution in [3.63, 3.8) is 0 Å². The summed E-state index contributed by atoms with van der Waals surface area (Å²) in [5, 5.41) is 14.2. The summed E-state index contributed by atoms with van der Waals surface area (Å²) in [6.45, 7) is 3.31. The Morgan fingerprint density at radius 3 is 2.86 bits per heavy atom. The van der Waals surface area contributed by atoms with Gasteiger partial charge in [-0.25, -0.2) is 0 Å². The molecule has 0 spiro atoms. The molecule has 2 aliphatic heterocycles. The fraction of sp³-hybridized carbons (Fsp3) is 0.400. The number of H-pyrrole nitrogens is 1. The molecule has 108 valence electrons. The molecule has 0 aliphatic carbocycles. The number of hydrogen-bond acceptors (Lipinski definition) is 4. The van der Waals surface area contributed by atoms with Crippen molar-refractivity contribution in [2.45, 2.75) is 6.54 Å². The molecule has 0 radical (unpaired) electrons. The molecule has 21 heavy (non-hydrogen) atoms. The van der Waals surface area contributed by atoms with Crippen LogP contribution in [0.3, 0.4) is 0 Å². The first-order chi connectivity index (χ1) is 10.3. The molecule has 1 aromatic carbocycles. The van der Waals surface area contributed by atoms with E-state index in [1.807, 2.05) is 30.3 Å². The third kappa shape index (κ3) is 2.21. The third-order valence-electron chi connectivity index (χ3n) is 4.43. The molecule has 2 fully saturated rings. The van der Waals surface area contributed by atoms with E-state index in [0.29, 0.717) is 5.92 Å². The van der Waals surface area contributed by atoms with Crippen LogP contribution in [0.2, 0.25) is 0 Å². The van der Waals surface area contributed by atoms with Gasteiger partial charge in [0.1, 0.15) is 11.4 Å². The second-order valence-corrected chi connectivity index (χ2v) is 5.79. The van der Waals surface area contributed by atoms with Crippen molar-refractivity contribution in [1.82, 2.24) is 25.6 Å². The monoisotopic (exact) mass is 283 g/mol. The smallest absolute Gasteiger partial charge is 0.224 e. The quantitative estimate of drug-likeness (QED) is 0.867. The molecule has 0 saturated carbocycles. The number of benzene rings is 1. The van der Waals surface area contributed by atoms with Crippen molar-refractivity contribution in [3.8, 4) is 11.3 Å². The van der Waals surface area contributed by atoms with Crippen LogP contribution < -0.4 is 5.32 Å². The normalized spacial score (nSPS) is 25.0. The topological polar surface area (TPSA) is 73.9 Å². The highest BCUT2D eigenvalue weighted by molar-refractivity contribution is 5.81. The number of aromatic amines is 1. The first kappa shape index (κ1) is 12.5. The van der Waals surface area contributed by atoms with E-state index in [1.54, 1.807) is 0 Å². The maximum Gasteiger partial charge on any atom is 0.224 e. The number of carbonyl (C=O) groups is 1. The van der Waals surface area contributed by atoms with Gasteiger partial charge in [-0.1, -0.05) is 30.3 Å². The SMILES string of the molecule is O=C1NC[C@H]2CN(Cc3n[nH]nc3-c3ccccc3)C[C@@H]12. The van der Waals surface area contributed by atoms with E-state index in [4.69, 9.17) is 0 Å². The van der Waals surface area contributed by atoms with Crippen molar-refractivity contribution >= 4 is 5.91 Å². The maximum atomic E-state index is 11.7. The molecule has 0 unspecified atom stereocenters. The van der Waals surface area contributed by atoms with Crippen LogP contribution in [-0.4, -0.2) is 45.9 Å². The van der Waals surface area contributed by atoms with Crippen LogP contribution in [0.1, 0.15) is 5.69 Å². The number of hydrogen-bond donors (Lipinski definition) is 2. The minimum Gasteiger partial charge on any atom is -0.355 e. The van der Waals surface area contributed by atoms with Gasteiger partial charge in [-0.15, -0.1) is 0 Å². The molecule has 2 aliphatic rings. The summed E-state index contributed by atoms with van der Waals surface area (Å²) in [5.74, 6) is 0.799. The second kappa shape index (κ2) is 4.96. The van der Waals surface area contributed by atoms with Gasteiger partial charge < -0.3 is 5.32 Å². The summed E-state index contributed by atoms with van der Waals surface area (Å²) in [4.78, 5) is 14.0. The lowest BCUT2D eigenvalue weighted by molar-refractivity contribution is -0.122. The molecule has 1 amide bonds. The third-order valence-corrected chi connectivity index (χ3v) is 4.43. The number of nitrogens with one attached hydrogen (secondary N) is 2. The van der Waals surface area contributed by atoms with Crippen LogP contribution in [0.25, 0.3) is 11.3 Å². The predicted octanol–water partition coefficient (Wildman–Crippen LogP) is 0.649. The molecule has 2 aromatic rings. The van der Waals surface area contributed by atoms with Gasteiger partial charge in [0.15, 0.2) is 0 Å². The molecule has 4 rings (SSSR count). The Morgan fingerprint density at radius 1 is 1.19 bits per heavy atom. The molecule has 6 nitrogen and oxygen atoms in total. The summed E-state index contributed by atoms with van der Waals surface area (Å²) in [7, 11) is 0. The van der Waals surface area contributed by atoms with E-state index in [9.17, 15) is 4.79 Å². The van der Waals surface area contributed by atoms with Gasteiger partial charge in [0.05, 0.1) is 5.92 Å². The summed E-state index contributed by atoms with van der Waals surface area (Å²) in [6.07, 6.45) is 0. The Hall–Kier alpha value is -2.21. The van der Waals surface area contributed by atoms with Crippen molar-refractivity contribution in [2.24, 2.45) is 11.8 Å². The highest BCUT2D eigenvalue weighted by atomic mass is 16.2.